The van der Waals surface area contributed by atoms with Gasteiger partial charge in [-0.3, -0.25) is 19.3 Å². The number of carbonyl (C=O) groups excluding carboxylic acids is 3. The minimum atomic E-state index is -0.217. The van der Waals surface area contributed by atoms with Gasteiger partial charge < -0.3 is 9.80 Å². The molecule has 1 aromatic heterocycles. The Morgan fingerprint density at radius 2 is 1.88 bits per heavy atom. The molecule has 2 aromatic rings. The van der Waals surface area contributed by atoms with E-state index < -0.39 is 0 Å². The zero-order valence-electron chi connectivity index (χ0n) is 19.0. The van der Waals surface area contributed by atoms with Crippen LogP contribution in [-0.2, 0) is 27.2 Å². The molecule has 0 N–H and O–H groups in total. The zero-order valence-corrected chi connectivity index (χ0v) is 19.0. The normalized spacial score (nSPS) is 20.2. The number of rotatable bonds is 6. The van der Waals surface area contributed by atoms with Crippen molar-refractivity contribution in [2.24, 2.45) is 0 Å². The number of amides is 3. The molecule has 2 fully saturated rings. The van der Waals surface area contributed by atoms with Crippen LogP contribution in [0.3, 0.4) is 0 Å². The predicted octanol–water partition coefficient (Wildman–Crippen LogP) is 2.20. The topological polar surface area (TPSA) is 86.7 Å². The second kappa shape index (κ2) is 8.92. The van der Waals surface area contributed by atoms with Gasteiger partial charge in [-0.25, -0.2) is 9.97 Å². The van der Waals surface area contributed by atoms with Crippen molar-refractivity contribution in [1.29, 1.82) is 0 Å². The predicted molar refractivity (Wildman–Crippen MR) is 122 cm³/mol. The molecule has 3 amide bonds. The quantitative estimate of drug-likeness (QED) is 0.678. The van der Waals surface area contributed by atoms with Gasteiger partial charge in [0.1, 0.15) is 5.82 Å². The van der Waals surface area contributed by atoms with Crippen LogP contribution >= 0.6 is 0 Å². The molecule has 2 saturated heterocycles. The van der Waals surface area contributed by atoms with Crippen LogP contribution in [0.1, 0.15) is 54.4 Å². The molecule has 3 aliphatic rings. The van der Waals surface area contributed by atoms with Crippen LogP contribution in [0, 0.1) is 6.92 Å². The third-order valence-electron chi connectivity index (χ3n) is 6.93. The van der Waals surface area contributed by atoms with E-state index in [1.165, 1.54) is 5.56 Å². The van der Waals surface area contributed by atoms with Crippen LogP contribution < -0.4 is 4.90 Å². The fraction of sp³-hybridized carbons (Fsp3) is 0.480. The lowest BCUT2D eigenvalue weighted by molar-refractivity contribution is -0.139. The van der Waals surface area contributed by atoms with Gasteiger partial charge in [-0.2, -0.15) is 0 Å². The molecule has 1 atom stereocenters. The Hall–Kier alpha value is -3.29. The average Bonchev–Trinajstić information content (AvgIpc) is 3.52. The first-order valence-corrected chi connectivity index (χ1v) is 11.8. The number of carbonyl (C=O) groups is 3. The number of likely N-dealkylation sites (tertiary alicyclic amines) is 2. The van der Waals surface area contributed by atoms with Crippen LogP contribution in [0.2, 0.25) is 0 Å². The molecule has 1 aromatic carbocycles. The number of anilines is 1. The molecule has 172 valence electrons. The van der Waals surface area contributed by atoms with E-state index in [0.29, 0.717) is 44.1 Å². The number of benzene rings is 1. The van der Waals surface area contributed by atoms with E-state index in [1.54, 1.807) is 9.80 Å². The van der Waals surface area contributed by atoms with Gasteiger partial charge in [0.15, 0.2) is 5.82 Å². The summed E-state index contributed by atoms with van der Waals surface area (Å²) in [5, 5.41) is 0. The summed E-state index contributed by atoms with van der Waals surface area (Å²) in [6.45, 7) is 3.90. The van der Waals surface area contributed by atoms with Crippen LogP contribution in [-0.4, -0.2) is 63.7 Å². The SMILES string of the molecule is Cc1nc([C@@H]2CCCN2C(=O)CN2CCCC2=O)nc2c1CC(=O)N2CCc1ccccc1. The minimum absolute atomic E-state index is 0.0439. The van der Waals surface area contributed by atoms with Crippen molar-refractivity contribution in [1.82, 2.24) is 19.8 Å². The number of nitrogens with zero attached hydrogens (tertiary/aromatic N) is 5. The van der Waals surface area contributed by atoms with Gasteiger partial charge in [0.05, 0.1) is 19.0 Å². The van der Waals surface area contributed by atoms with E-state index in [4.69, 9.17) is 9.97 Å². The molecule has 0 saturated carbocycles. The second-order valence-electron chi connectivity index (χ2n) is 9.09. The van der Waals surface area contributed by atoms with Gasteiger partial charge in [0.25, 0.3) is 0 Å². The number of fused-ring (bicyclic) bond motifs is 1. The summed E-state index contributed by atoms with van der Waals surface area (Å²) in [7, 11) is 0. The highest BCUT2D eigenvalue weighted by Crippen LogP contribution is 2.35. The van der Waals surface area contributed by atoms with Crippen molar-refractivity contribution in [2.45, 2.75) is 51.5 Å². The number of hydrogen-bond acceptors (Lipinski definition) is 5. The van der Waals surface area contributed by atoms with Crippen molar-refractivity contribution in [3.63, 3.8) is 0 Å². The lowest BCUT2D eigenvalue weighted by Gasteiger charge is -2.27. The van der Waals surface area contributed by atoms with Crippen molar-refractivity contribution in [2.75, 3.05) is 31.1 Å². The van der Waals surface area contributed by atoms with E-state index >= 15 is 0 Å². The summed E-state index contributed by atoms with van der Waals surface area (Å²) in [6, 6.07) is 9.89. The maximum absolute atomic E-state index is 13.0. The molecule has 5 rings (SSSR count). The first-order valence-electron chi connectivity index (χ1n) is 11.8. The smallest absolute Gasteiger partial charge is 0.242 e. The molecule has 0 radical (unpaired) electrons. The maximum Gasteiger partial charge on any atom is 0.242 e. The van der Waals surface area contributed by atoms with Gasteiger partial charge in [-0.1, -0.05) is 30.3 Å². The van der Waals surface area contributed by atoms with E-state index in [0.717, 1.165) is 36.9 Å². The first kappa shape index (κ1) is 21.6. The summed E-state index contributed by atoms with van der Waals surface area (Å²) >= 11 is 0. The van der Waals surface area contributed by atoms with E-state index in [2.05, 4.69) is 12.1 Å². The largest absolute Gasteiger partial charge is 0.333 e. The Labute approximate surface area is 193 Å². The summed E-state index contributed by atoms with van der Waals surface area (Å²) in [5.41, 5.74) is 2.86. The molecule has 0 unspecified atom stereocenters. The van der Waals surface area contributed by atoms with Crippen molar-refractivity contribution in [3.05, 3.63) is 53.0 Å². The van der Waals surface area contributed by atoms with Crippen molar-refractivity contribution < 1.29 is 14.4 Å². The van der Waals surface area contributed by atoms with Crippen LogP contribution in [0.25, 0.3) is 0 Å². The Morgan fingerprint density at radius 3 is 2.64 bits per heavy atom. The summed E-state index contributed by atoms with van der Waals surface area (Å²) in [5.74, 6) is 1.34. The lowest BCUT2D eigenvalue weighted by atomic mass is 10.1. The highest BCUT2D eigenvalue weighted by atomic mass is 16.2. The van der Waals surface area contributed by atoms with Gasteiger partial charge in [0, 0.05) is 37.3 Å². The summed E-state index contributed by atoms with van der Waals surface area (Å²) in [6.07, 6.45) is 4.07. The van der Waals surface area contributed by atoms with Gasteiger partial charge in [0.2, 0.25) is 17.7 Å². The highest BCUT2D eigenvalue weighted by molar-refractivity contribution is 6.00. The minimum Gasteiger partial charge on any atom is -0.333 e. The molecular formula is C25H29N5O3. The van der Waals surface area contributed by atoms with E-state index in [1.807, 2.05) is 30.0 Å². The molecule has 0 aliphatic carbocycles. The first-order chi connectivity index (χ1) is 16.0. The van der Waals surface area contributed by atoms with Gasteiger partial charge >= 0.3 is 0 Å². The fourth-order valence-electron chi connectivity index (χ4n) is 5.12. The van der Waals surface area contributed by atoms with Crippen molar-refractivity contribution >= 4 is 23.5 Å². The molecule has 4 heterocycles. The van der Waals surface area contributed by atoms with Crippen LogP contribution in [0.15, 0.2) is 30.3 Å². The number of hydrogen-bond donors (Lipinski definition) is 0. The molecular weight excluding hydrogens is 418 g/mol. The van der Waals surface area contributed by atoms with Gasteiger partial charge in [-0.05, 0) is 38.2 Å². The molecule has 8 nitrogen and oxygen atoms in total. The lowest BCUT2D eigenvalue weighted by Crippen LogP contribution is -2.41. The van der Waals surface area contributed by atoms with E-state index in [-0.39, 0.29) is 30.3 Å². The zero-order chi connectivity index (χ0) is 22.9. The second-order valence-corrected chi connectivity index (χ2v) is 9.09. The number of aromatic nitrogens is 2. The van der Waals surface area contributed by atoms with Crippen LogP contribution in [0.5, 0.6) is 0 Å². The Morgan fingerprint density at radius 1 is 1.06 bits per heavy atom. The third kappa shape index (κ3) is 4.21. The Bertz CT molecular complexity index is 1090. The average molecular weight is 448 g/mol. The monoisotopic (exact) mass is 447 g/mol. The van der Waals surface area contributed by atoms with Crippen molar-refractivity contribution in [3.8, 4) is 0 Å². The Balaban J connectivity index is 1.36. The maximum atomic E-state index is 13.0. The molecule has 8 heteroatoms. The van der Waals surface area contributed by atoms with Gasteiger partial charge in [-0.15, -0.1) is 0 Å². The van der Waals surface area contributed by atoms with Crippen LogP contribution in [0.4, 0.5) is 5.82 Å². The molecule has 33 heavy (non-hydrogen) atoms. The Kier molecular flexibility index (Phi) is 5.83. The summed E-state index contributed by atoms with van der Waals surface area (Å²) < 4.78 is 0. The molecule has 0 spiro atoms. The fourth-order valence-corrected chi connectivity index (χ4v) is 5.12. The number of aryl methyl sites for hydroxylation is 1. The van der Waals surface area contributed by atoms with E-state index in [9.17, 15) is 14.4 Å². The molecule has 0 bridgehead atoms. The highest BCUT2D eigenvalue weighted by Gasteiger charge is 2.37. The third-order valence-corrected chi connectivity index (χ3v) is 6.93. The summed E-state index contributed by atoms with van der Waals surface area (Å²) in [4.78, 5) is 52.6. The molecule has 3 aliphatic heterocycles. The standard InChI is InChI=1S/C25H29N5O3/c1-17-19-15-22(32)30(14-11-18-7-3-2-4-8-18)25(19)27-24(26-17)20-9-5-13-29(20)23(33)16-28-12-6-10-21(28)31/h2-4,7-8,20H,5-6,9-16H2,1H3/t20-/m0/s1.